The fourth-order valence-corrected chi connectivity index (χ4v) is 19.8. The molecule has 0 spiro atoms. The van der Waals surface area contributed by atoms with Crippen molar-refractivity contribution in [2.45, 2.75) is 71.8 Å². The number of benzene rings is 19. The van der Waals surface area contributed by atoms with Crippen molar-refractivity contribution < 1.29 is 0 Å². The van der Waals surface area contributed by atoms with E-state index in [4.69, 9.17) is 0 Å². The van der Waals surface area contributed by atoms with Crippen LogP contribution in [0.2, 0.25) is 0 Å². The van der Waals surface area contributed by atoms with Crippen LogP contribution in [0.3, 0.4) is 0 Å². The third kappa shape index (κ3) is 13.7. The molecule has 0 unspecified atom stereocenters. The van der Waals surface area contributed by atoms with E-state index in [1.54, 1.807) is 0 Å². The van der Waals surface area contributed by atoms with E-state index < -0.39 is 0 Å². The van der Waals surface area contributed by atoms with Gasteiger partial charge in [-0.15, -0.1) is 0 Å². The molecule has 0 fully saturated rings. The summed E-state index contributed by atoms with van der Waals surface area (Å²) in [6, 6.07) is 152. The summed E-state index contributed by atoms with van der Waals surface area (Å²) in [6.07, 6.45) is 1.49. The third-order valence-electron chi connectivity index (χ3n) is 25.9. The van der Waals surface area contributed by atoms with Crippen LogP contribution in [0.5, 0.6) is 0 Å². The molecule has 121 heavy (non-hydrogen) atoms. The van der Waals surface area contributed by atoms with Gasteiger partial charge >= 0.3 is 0 Å². The van der Waals surface area contributed by atoms with Crippen molar-refractivity contribution >= 4 is 100 Å². The molecule has 4 heteroatoms. The van der Waals surface area contributed by atoms with Crippen molar-refractivity contribution in [1.29, 1.82) is 0 Å². The molecule has 2 heterocycles. The van der Waals surface area contributed by atoms with E-state index in [1.807, 2.05) is 0 Å². The highest BCUT2D eigenvalue weighted by atomic mass is 15.2. The van der Waals surface area contributed by atoms with Gasteiger partial charge in [0.25, 0.3) is 6.71 Å². The number of hydrogen-bond acceptors (Lipinski definition) is 3. The summed E-state index contributed by atoms with van der Waals surface area (Å²) in [5.41, 5.74) is 36.9. The maximum atomic E-state index is 2.78. The van der Waals surface area contributed by atoms with Gasteiger partial charge in [0.05, 0.1) is 0 Å². The van der Waals surface area contributed by atoms with Crippen molar-refractivity contribution in [3.63, 3.8) is 0 Å². The van der Waals surface area contributed by atoms with Gasteiger partial charge in [-0.1, -0.05) is 393 Å². The van der Waals surface area contributed by atoms with Gasteiger partial charge in [0.15, 0.2) is 0 Å². The van der Waals surface area contributed by atoms with E-state index in [2.05, 4.69) is 457 Å². The molecule has 2 aliphatic rings. The molecule has 0 radical (unpaired) electrons. The van der Waals surface area contributed by atoms with E-state index in [1.165, 1.54) is 199 Å². The Morgan fingerprint density at radius 1 is 0.256 bits per heavy atom. The molecular formula is C117H94BN3. The molecule has 3 nitrogen and oxygen atoms in total. The number of anilines is 6. The number of hydrogen-bond donors (Lipinski definition) is 0. The minimum atomic E-state index is -0.201. The van der Waals surface area contributed by atoms with Crippen LogP contribution in [0.1, 0.15) is 69.4 Å². The van der Waals surface area contributed by atoms with Gasteiger partial charge in [0.1, 0.15) is 0 Å². The molecule has 0 aromatic heterocycles. The predicted molar refractivity (Wildman–Crippen MR) is 519 cm³/mol. The van der Waals surface area contributed by atoms with Crippen molar-refractivity contribution in [1.82, 2.24) is 0 Å². The van der Waals surface area contributed by atoms with E-state index in [0.717, 1.165) is 24.2 Å². The molecule has 0 atom stereocenters. The van der Waals surface area contributed by atoms with E-state index in [9.17, 15) is 0 Å². The Morgan fingerprint density at radius 3 is 0.992 bits per heavy atom. The molecule has 0 aliphatic carbocycles. The highest BCUT2D eigenvalue weighted by Crippen LogP contribution is 2.49. The summed E-state index contributed by atoms with van der Waals surface area (Å²) in [7, 11) is 0. The Kier molecular flexibility index (Phi) is 18.9. The van der Waals surface area contributed by atoms with Crippen LogP contribution in [0.15, 0.2) is 400 Å². The molecule has 19 aromatic rings. The first-order chi connectivity index (χ1) is 59.3. The highest BCUT2D eigenvalue weighted by molar-refractivity contribution is 7.00. The largest absolute Gasteiger partial charge is 0.342 e. The van der Waals surface area contributed by atoms with Crippen LogP contribution in [0.25, 0.3) is 132 Å². The monoisotopic (exact) mass is 1550 g/mol. The molecular weight excluding hydrogens is 1460 g/mol. The number of rotatable bonds is 18. The minimum Gasteiger partial charge on any atom is -0.342 e. The lowest BCUT2D eigenvalue weighted by Crippen LogP contribution is -2.62. The second-order valence-corrected chi connectivity index (χ2v) is 35.3. The van der Waals surface area contributed by atoms with Crippen LogP contribution < -0.4 is 31.1 Å². The number of nitrogens with zero attached hydrogens (tertiary/aromatic N) is 3. The van der Waals surface area contributed by atoms with Gasteiger partial charge in [0.2, 0.25) is 0 Å². The fourth-order valence-electron chi connectivity index (χ4n) is 19.8. The Hall–Kier alpha value is -14.1. The average molecular weight is 1550 g/mol. The normalized spacial score (nSPS) is 12.5. The minimum absolute atomic E-state index is 0.122. The molecule has 21 rings (SSSR count). The van der Waals surface area contributed by atoms with Crippen LogP contribution in [0, 0.1) is 0 Å². The fraction of sp³-hybridized carbons (Fsp3) is 0.111. The zero-order valence-corrected chi connectivity index (χ0v) is 69.6. The van der Waals surface area contributed by atoms with Crippen LogP contribution in [0.4, 0.5) is 34.1 Å². The highest BCUT2D eigenvalue weighted by Gasteiger charge is 2.44. The van der Waals surface area contributed by atoms with Gasteiger partial charge in [-0.3, -0.25) is 0 Å². The van der Waals surface area contributed by atoms with Gasteiger partial charge in [-0.25, -0.2) is 0 Å². The van der Waals surface area contributed by atoms with Gasteiger partial charge in [-0.2, -0.15) is 0 Å². The lowest BCUT2D eigenvalue weighted by molar-refractivity contribution is 0.590. The van der Waals surface area contributed by atoms with Crippen LogP contribution >= 0.6 is 0 Å². The molecule has 0 N–H and O–H groups in total. The lowest BCUT2D eigenvalue weighted by Gasteiger charge is -2.45. The smallest absolute Gasteiger partial charge is 0.252 e. The van der Waals surface area contributed by atoms with E-state index >= 15 is 0 Å². The summed E-state index contributed by atoms with van der Waals surface area (Å²) in [6.45, 7) is 15.9. The molecule has 0 bridgehead atoms. The van der Waals surface area contributed by atoms with Gasteiger partial charge in [0, 0.05) is 53.8 Å². The molecule has 2 aliphatic heterocycles. The SMILES string of the molecule is CC(C)(C)c1cc(-c2ccccc2)c(CCN2c3ccc(-c4ccccc4)cc3B3c4cc(-c5ccc6c7cccc8cccc(c9cccc5c96)c87)ccc4N(CCc4c(-c5ccccc5)cc(C(C)(C)C)cc4-c4ccccc4)c4cc(CN(c5ccc(-c6ccccc6)cc5)c5ccc(-c6ccccc6)cc5)cc2c43)c(-c2ccccc2)c1. The van der Waals surface area contributed by atoms with E-state index in [0.29, 0.717) is 19.6 Å². The second kappa shape index (κ2) is 30.7. The van der Waals surface area contributed by atoms with Gasteiger partial charge < -0.3 is 14.7 Å². The Balaban J connectivity index is 0.832. The third-order valence-corrected chi connectivity index (χ3v) is 25.9. The van der Waals surface area contributed by atoms with Crippen molar-refractivity contribution in [3.8, 4) is 89.0 Å². The zero-order chi connectivity index (χ0) is 81.5. The molecule has 0 saturated heterocycles. The Labute approximate surface area is 712 Å². The molecule has 0 saturated carbocycles. The lowest BCUT2D eigenvalue weighted by atomic mass is 9.33. The Morgan fingerprint density at radius 2 is 0.587 bits per heavy atom. The molecule has 0 amide bonds. The van der Waals surface area contributed by atoms with Crippen LogP contribution in [-0.4, -0.2) is 19.8 Å². The van der Waals surface area contributed by atoms with Crippen molar-refractivity contribution in [2.75, 3.05) is 27.8 Å². The first-order valence-corrected chi connectivity index (χ1v) is 43.1. The standard InChI is InChI=1S/C117H94BN3/c1-116(2,3)91-73-103(84-37-20-10-21-38-84)96(104(74-91)85-39-22-11-23-40-85)65-67-119-109-63-55-89(81-35-18-9-19-36-81)71-107(109)118-108-72-90(95-61-62-102-100-48-29-46-88-45-28-47-99(113(88)100)101-50-30-49-98(95)114(101)102)56-64-110(108)120(68-66-97-105(86-41-24-12-25-42-86)75-92(117(4,5)6)76-106(97)87-43-26-13-27-44-87)112-70-78(69-111(119)115(112)118)77-121(93-57-51-82(52-58-93)79-31-14-7-15-32-79)94-59-53-83(54-60-94)80-33-16-8-17-34-80/h7-64,69-76H,65-68,77H2,1-6H3. The summed E-state index contributed by atoms with van der Waals surface area (Å²) in [5.74, 6) is 0. The first kappa shape index (κ1) is 74.5. The summed E-state index contributed by atoms with van der Waals surface area (Å²) < 4.78 is 0. The Bertz CT molecular complexity index is 6810. The average Bonchev–Trinajstić information content (AvgIpc) is 0.704. The maximum absolute atomic E-state index is 2.78. The summed E-state index contributed by atoms with van der Waals surface area (Å²) in [5, 5.41) is 10.3. The summed E-state index contributed by atoms with van der Waals surface area (Å²) in [4.78, 5) is 8.10. The van der Waals surface area contributed by atoms with Crippen LogP contribution in [-0.2, 0) is 30.2 Å². The van der Waals surface area contributed by atoms with Crippen molar-refractivity contribution in [2.24, 2.45) is 0 Å². The van der Waals surface area contributed by atoms with Crippen molar-refractivity contribution in [3.05, 3.63) is 428 Å². The summed E-state index contributed by atoms with van der Waals surface area (Å²) >= 11 is 0. The molecule has 580 valence electrons. The topological polar surface area (TPSA) is 9.72 Å². The predicted octanol–water partition coefficient (Wildman–Crippen LogP) is 28.9. The van der Waals surface area contributed by atoms with E-state index in [-0.39, 0.29) is 17.5 Å². The second-order valence-electron chi connectivity index (χ2n) is 35.3. The number of fused-ring (bicyclic) bond motifs is 6. The zero-order valence-electron chi connectivity index (χ0n) is 69.6. The first-order valence-electron chi connectivity index (χ1n) is 43.1. The molecule has 19 aromatic carbocycles. The maximum Gasteiger partial charge on any atom is 0.252 e. The van der Waals surface area contributed by atoms with Gasteiger partial charge in [-0.05, 0) is 249 Å². The quantitative estimate of drug-likeness (QED) is 0.0482.